The zero-order valence-corrected chi connectivity index (χ0v) is 14.0. The lowest BCUT2D eigenvalue weighted by Crippen LogP contribution is -2.79. The molecule has 10 heteroatoms. The highest BCUT2D eigenvalue weighted by molar-refractivity contribution is 5.68. The van der Waals surface area contributed by atoms with E-state index in [0.717, 1.165) is 0 Å². The van der Waals surface area contributed by atoms with Gasteiger partial charge in [-0.25, -0.2) is 0 Å². The van der Waals surface area contributed by atoms with Crippen molar-refractivity contribution in [1.82, 2.24) is 0 Å². The highest BCUT2D eigenvalue weighted by Gasteiger charge is 2.52. The molecule has 1 rings (SSSR count). The maximum absolute atomic E-state index is 11.4. The average molecular weight is 348 g/mol. The number of carbonyl (C=O) groups excluding carboxylic acids is 4. The topological polar surface area (TPSA) is 142 Å². The van der Waals surface area contributed by atoms with Gasteiger partial charge in [0.05, 0.1) is 0 Å². The molecule has 0 bridgehead atoms. The second-order valence-corrected chi connectivity index (χ2v) is 5.27. The molecule has 3 N–H and O–H groups in total. The fraction of sp³-hybridized carbons (Fsp3) is 0.714. The molecule has 0 radical (unpaired) electrons. The van der Waals surface area contributed by atoms with Crippen LogP contribution in [0, 0.1) is 0 Å². The maximum Gasteiger partial charge on any atom is 0.305 e. The van der Waals surface area contributed by atoms with Gasteiger partial charge in [0, 0.05) is 27.7 Å². The first-order valence-electron chi connectivity index (χ1n) is 7.25. The van der Waals surface area contributed by atoms with E-state index in [-0.39, 0.29) is 6.61 Å². The summed E-state index contributed by atoms with van der Waals surface area (Å²) in [7, 11) is 0. The molecule has 0 aromatic rings. The SMILES string of the molecule is CC(=O)OC[C@H]1O[C@@H](OC(C)=O)[C@@H]([NH3+])[C@@H](OC(C)=O)[C@@H]1OC(C)=O. The summed E-state index contributed by atoms with van der Waals surface area (Å²) in [4.78, 5) is 45.0. The number of hydrogen-bond donors (Lipinski definition) is 1. The van der Waals surface area contributed by atoms with Gasteiger partial charge in [0.1, 0.15) is 12.7 Å². The summed E-state index contributed by atoms with van der Waals surface area (Å²) in [6.45, 7) is 4.44. The van der Waals surface area contributed by atoms with Gasteiger partial charge in [-0.05, 0) is 0 Å². The molecule has 5 atom stereocenters. The third kappa shape index (κ3) is 5.78. The van der Waals surface area contributed by atoms with Crippen LogP contribution >= 0.6 is 0 Å². The van der Waals surface area contributed by atoms with Crippen LogP contribution in [-0.2, 0) is 42.9 Å². The summed E-state index contributed by atoms with van der Waals surface area (Å²) in [6, 6.07) is -0.851. The maximum atomic E-state index is 11.4. The second-order valence-electron chi connectivity index (χ2n) is 5.27. The first-order valence-corrected chi connectivity index (χ1v) is 7.25. The summed E-state index contributed by atoms with van der Waals surface area (Å²) in [6.07, 6.45) is -4.26. The Hall–Kier alpha value is -2.20. The van der Waals surface area contributed by atoms with Gasteiger partial charge in [-0.2, -0.15) is 0 Å². The van der Waals surface area contributed by atoms with E-state index < -0.39 is 54.5 Å². The number of rotatable bonds is 5. The number of ether oxygens (including phenoxy) is 5. The minimum absolute atomic E-state index is 0.282. The first kappa shape index (κ1) is 19.8. The van der Waals surface area contributed by atoms with E-state index in [9.17, 15) is 19.2 Å². The van der Waals surface area contributed by atoms with E-state index >= 15 is 0 Å². The lowest BCUT2D eigenvalue weighted by atomic mass is 9.97. The number of esters is 4. The molecule has 1 saturated heterocycles. The molecule has 1 heterocycles. The number of quaternary nitrogens is 1. The van der Waals surface area contributed by atoms with Gasteiger partial charge in [0.25, 0.3) is 6.29 Å². The summed E-state index contributed by atoms with van der Waals surface area (Å²) >= 11 is 0. The average Bonchev–Trinajstić information content (AvgIpc) is 2.42. The monoisotopic (exact) mass is 348 g/mol. The Morgan fingerprint density at radius 2 is 1.33 bits per heavy atom. The molecule has 0 aromatic carbocycles. The molecule has 1 fully saturated rings. The van der Waals surface area contributed by atoms with E-state index in [4.69, 9.17) is 23.7 Å². The highest BCUT2D eigenvalue weighted by Crippen LogP contribution is 2.25. The normalized spacial score (nSPS) is 29.3. The fourth-order valence-corrected chi connectivity index (χ4v) is 2.25. The van der Waals surface area contributed by atoms with Crippen molar-refractivity contribution in [3.05, 3.63) is 0 Å². The van der Waals surface area contributed by atoms with E-state index in [2.05, 4.69) is 5.73 Å². The summed E-state index contributed by atoms with van der Waals surface area (Å²) < 4.78 is 25.8. The molecule has 0 aromatic heterocycles. The van der Waals surface area contributed by atoms with Crippen LogP contribution in [0.5, 0.6) is 0 Å². The van der Waals surface area contributed by atoms with Crippen LogP contribution in [0.4, 0.5) is 0 Å². The standard InChI is InChI=1S/C14H21NO9/c1-6(16)20-5-10-12(21-7(2)17)13(22-8(3)18)11(15)14(24-10)23-9(4)19/h10-14H,5,15H2,1-4H3/p+1/t10-,11+,12-,13-,14-/m1/s1. The van der Waals surface area contributed by atoms with Crippen molar-refractivity contribution in [2.75, 3.05) is 6.61 Å². The van der Waals surface area contributed by atoms with Gasteiger partial charge in [0.2, 0.25) is 0 Å². The van der Waals surface area contributed by atoms with Gasteiger partial charge in [0.15, 0.2) is 18.2 Å². The van der Waals surface area contributed by atoms with Crippen LogP contribution in [0.1, 0.15) is 27.7 Å². The summed E-state index contributed by atoms with van der Waals surface area (Å²) in [5, 5.41) is 0. The number of hydrogen-bond acceptors (Lipinski definition) is 9. The lowest BCUT2D eigenvalue weighted by molar-refractivity contribution is -0.496. The van der Waals surface area contributed by atoms with Crippen molar-refractivity contribution < 1.29 is 48.6 Å². The molecule has 1 aliphatic rings. The van der Waals surface area contributed by atoms with Gasteiger partial charge < -0.3 is 29.4 Å². The summed E-state index contributed by atoms with van der Waals surface area (Å²) in [5.41, 5.74) is 3.78. The van der Waals surface area contributed by atoms with Crippen molar-refractivity contribution in [1.29, 1.82) is 0 Å². The molecular formula is C14H22NO9+. The molecule has 136 valence electrons. The van der Waals surface area contributed by atoms with Crippen molar-refractivity contribution in [2.45, 2.75) is 58.3 Å². The van der Waals surface area contributed by atoms with Crippen LogP contribution in [0.15, 0.2) is 0 Å². The quantitative estimate of drug-likeness (QED) is 0.455. The minimum Gasteiger partial charge on any atom is -0.463 e. The molecule has 0 spiro atoms. The van der Waals surface area contributed by atoms with Crippen LogP contribution < -0.4 is 5.73 Å². The van der Waals surface area contributed by atoms with E-state index in [1.807, 2.05) is 0 Å². The van der Waals surface area contributed by atoms with Gasteiger partial charge >= 0.3 is 23.9 Å². The zero-order valence-electron chi connectivity index (χ0n) is 14.0. The Balaban J connectivity index is 3.08. The van der Waals surface area contributed by atoms with Crippen molar-refractivity contribution in [3.63, 3.8) is 0 Å². The van der Waals surface area contributed by atoms with E-state index in [1.54, 1.807) is 0 Å². The Labute approximate surface area is 138 Å². The van der Waals surface area contributed by atoms with Gasteiger partial charge in [-0.3, -0.25) is 19.2 Å². The lowest BCUT2D eigenvalue weighted by Gasteiger charge is -2.41. The van der Waals surface area contributed by atoms with Crippen molar-refractivity contribution in [2.24, 2.45) is 0 Å². The predicted octanol–water partition coefficient (Wildman–Crippen LogP) is -1.69. The van der Waals surface area contributed by atoms with Crippen LogP contribution in [0.25, 0.3) is 0 Å². The molecule has 10 nitrogen and oxygen atoms in total. The molecule has 0 unspecified atom stereocenters. The highest BCUT2D eigenvalue weighted by atomic mass is 16.7. The van der Waals surface area contributed by atoms with Crippen LogP contribution in [-0.4, -0.2) is 61.1 Å². The van der Waals surface area contributed by atoms with E-state index in [0.29, 0.717) is 0 Å². The molecule has 0 amide bonds. The molecule has 1 aliphatic heterocycles. The van der Waals surface area contributed by atoms with Gasteiger partial charge in [-0.15, -0.1) is 0 Å². The van der Waals surface area contributed by atoms with E-state index in [1.165, 1.54) is 27.7 Å². The third-order valence-corrected chi connectivity index (χ3v) is 3.11. The molecule has 0 saturated carbocycles. The second kappa shape index (κ2) is 8.60. The Kier molecular flexibility index (Phi) is 7.11. The number of carbonyl (C=O) groups is 4. The van der Waals surface area contributed by atoms with Gasteiger partial charge in [-0.1, -0.05) is 0 Å². The molecule has 24 heavy (non-hydrogen) atoms. The Morgan fingerprint density at radius 1 is 0.833 bits per heavy atom. The predicted molar refractivity (Wildman–Crippen MR) is 74.8 cm³/mol. The largest absolute Gasteiger partial charge is 0.463 e. The first-order chi connectivity index (χ1) is 11.1. The smallest absolute Gasteiger partial charge is 0.305 e. The zero-order chi connectivity index (χ0) is 18.4. The van der Waals surface area contributed by atoms with Crippen molar-refractivity contribution >= 4 is 23.9 Å². The van der Waals surface area contributed by atoms with Crippen LogP contribution in [0.3, 0.4) is 0 Å². The van der Waals surface area contributed by atoms with Crippen molar-refractivity contribution in [3.8, 4) is 0 Å². The Bertz CT molecular complexity index is 490. The molecule has 0 aliphatic carbocycles. The third-order valence-electron chi connectivity index (χ3n) is 3.11. The Morgan fingerprint density at radius 3 is 1.79 bits per heavy atom. The summed E-state index contributed by atoms with van der Waals surface area (Å²) in [5.74, 6) is -2.50. The van der Waals surface area contributed by atoms with Crippen LogP contribution in [0.2, 0.25) is 0 Å². The fourth-order valence-electron chi connectivity index (χ4n) is 2.25. The molecular weight excluding hydrogens is 326 g/mol. The minimum atomic E-state index is -1.15.